The van der Waals surface area contributed by atoms with Crippen LogP contribution in [0, 0.1) is 0 Å². The molecule has 0 radical (unpaired) electrons. The molecule has 3 N–H and O–H groups in total. The van der Waals surface area contributed by atoms with Crippen molar-refractivity contribution >= 4 is 46.7 Å². The van der Waals surface area contributed by atoms with Gasteiger partial charge in [0.1, 0.15) is 11.5 Å². The smallest absolute Gasteiger partial charge is 0.326 e. The van der Waals surface area contributed by atoms with E-state index < -0.39 is 11.9 Å². The van der Waals surface area contributed by atoms with E-state index in [9.17, 15) is 14.4 Å². The van der Waals surface area contributed by atoms with Gasteiger partial charge >= 0.3 is 6.03 Å². The number of imide groups is 1. The van der Waals surface area contributed by atoms with Crippen molar-refractivity contribution in [1.29, 1.82) is 0 Å². The van der Waals surface area contributed by atoms with Gasteiger partial charge in [-0.3, -0.25) is 14.9 Å². The van der Waals surface area contributed by atoms with Crippen LogP contribution < -0.4 is 16.0 Å². The summed E-state index contributed by atoms with van der Waals surface area (Å²) in [7, 11) is 0. The minimum Gasteiger partial charge on any atom is -0.367 e. The summed E-state index contributed by atoms with van der Waals surface area (Å²) in [5.74, 6) is 0.295. The van der Waals surface area contributed by atoms with Gasteiger partial charge < -0.3 is 15.5 Å². The summed E-state index contributed by atoms with van der Waals surface area (Å²) in [6, 6.07) is 5.49. The Bertz CT molecular complexity index is 1370. The summed E-state index contributed by atoms with van der Waals surface area (Å²) < 4.78 is 1.69. The number of hydrogen-bond donors (Lipinski definition) is 3. The Hall–Kier alpha value is -3.99. The van der Waals surface area contributed by atoms with E-state index >= 15 is 0 Å². The van der Waals surface area contributed by atoms with Gasteiger partial charge in [-0.1, -0.05) is 12.2 Å². The molecule has 11 heteroatoms. The van der Waals surface area contributed by atoms with Gasteiger partial charge in [-0.25, -0.2) is 9.78 Å². The first-order valence-corrected chi connectivity index (χ1v) is 11.4. The molecule has 2 aliphatic heterocycles. The summed E-state index contributed by atoms with van der Waals surface area (Å²) >= 11 is 1.40. The number of nitrogens with zero attached hydrogens (tertiary/aromatic N) is 4. The third-order valence-corrected chi connectivity index (χ3v) is 6.72. The Morgan fingerprint density at radius 3 is 2.73 bits per heavy atom. The fraction of sp³-hybridized carbons (Fsp3) is 0.227. The van der Waals surface area contributed by atoms with E-state index in [0.717, 1.165) is 23.5 Å². The van der Waals surface area contributed by atoms with E-state index in [2.05, 4.69) is 21.0 Å². The highest BCUT2D eigenvalue weighted by Gasteiger charge is 2.26. The van der Waals surface area contributed by atoms with Crippen molar-refractivity contribution in [3.8, 4) is 10.6 Å². The summed E-state index contributed by atoms with van der Waals surface area (Å²) in [5, 5.41) is 12.6. The molecule has 0 unspecified atom stereocenters. The van der Waals surface area contributed by atoms with Gasteiger partial charge in [0, 0.05) is 30.8 Å². The fourth-order valence-electron chi connectivity index (χ4n) is 3.78. The van der Waals surface area contributed by atoms with E-state index in [1.54, 1.807) is 21.7 Å². The van der Waals surface area contributed by atoms with E-state index in [4.69, 9.17) is 4.98 Å². The molecular formula is C22H19N7O3S. The normalized spacial score (nSPS) is 18.9. The highest BCUT2D eigenvalue weighted by atomic mass is 32.1. The SMILES string of the molecule is O=C1NC(=O)/C(=C/c2cnn3c(NC4CC4)cc(-c4ccc(C(=O)N5CC=CC5)s4)nc23)N1. The van der Waals surface area contributed by atoms with Gasteiger partial charge in [0.25, 0.3) is 11.8 Å². The molecule has 3 aromatic rings. The molecule has 0 bridgehead atoms. The lowest BCUT2D eigenvalue weighted by molar-refractivity contribution is -0.115. The molecule has 6 rings (SSSR count). The number of aromatic nitrogens is 3. The minimum atomic E-state index is -0.559. The van der Waals surface area contributed by atoms with Crippen molar-refractivity contribution in [1.82, 2.24) is 30.1 Å². The molecular weight excluding hydrogens is 442 g/mol. The zero-order valence-corrected chi connectivity index (χ0v) is 18.2. The minimum absolute atomic E-state index is 0.00594. The Kier molecular flexibility index (Phi) is 4.50. The van der Waals surface area contributed by atoms with E-state index in [1.165, 1.54) is 11.3 Å². The molecule has 1 saturated carbocycles. The number of urea groups is 1. The maximum atomic E-state index is 12.8. The third-order valence-electron chi connectivity index (χ3n) is 5.62. The van der Waals surface area contributed by atoms with E-state index in [0.29, 0.717) is 40.9 Å². The monoisotopic (exact) mass is 461 g/mol. The first-order valence-electron chi connectivity index (χ1n) is 10.6. The molecule has 0 aromatic carbocycles. The molecule has 2 fully saturated rings. The first-order chi connectivity index (χ1) is 16.0. The molecule has 4 amide bonds. The predicted octanol–water partition coefficient (Wildman–Crippen LogP) is 2.22. The molecule has 3 aromatic heterocycles. The van der Waals surface area contributed by atoms with Gasteiger partial charge in [0.05, 0.1) is 21.6 Å². The molecule has 1 saturated heterocycles. The molecule has 33 heavy (non-hydrogen) atoms. The molecule has 10 nitrogen and oxygen atoms in total. The number of amides is 4. The van der Waals surface area contributed by atoms with Gasteiger partial charge in [-0.15, -0.1) is 11.3 Å². The Labute approximate surface area is 192 Å². The summed E-state index contributed by atoms with van der Waals surface area (Å²) in [6.07, 6.45) is 9.32. The number of thiophene rings is 1. The van der Waals surface area contributed by atoms with Gasteiger partial charge in [0.2, 0.25) is 0 Å². The number of fused-ring (bicyclic) bond motifs is 1. The van der Waals surface area contributed by atoms with Crippen molar-refractivity contribution in [3.63, 3.8) is 0 Å². The van der Waals surface area contributed by atoms with Crippen LogP contribution in [0.2, 0.25) is 0 Å². The Morgan fingerprint density at radius 2 is 2.00 bits per heavy atom. The zero-order chi connectivity index (χ0) is 22.5. The summed E-state index contributed by atoms with van der Waals surface area (Å²) in [5.41, 5.74) is 1.98. The Balaban J connectivity index is 1.40. The Morgan fingerprint density at radius 1 is 1.18 bits per heavy atom. The quantitative estimate of drug-likeness (QED) is 0.304. The van der Waals surface area contributed by atoms with Crippen molar-refractivity contribution in [2.45, 2.75) is 18.9 Å². The van der Waals surface area contributed by atoms with Crippen LogP contribution in [0.15, 0.2) is 42.2 Å². The van der Waals surface area contributed by atoms with Crippen LogP contribution in [0.3, 0.4) is 0 Å². The van der Waals surface area contributed by atoms with Gasteiger partial charge in [-0.05, 0) is 31.1 Å². The summed E-state index contributed by atoms with van der Waals surface area (Å²) in [6.45, 7) is 1.26. The number of anilines is 1. The van der Waals surface area contributed by atoms with E-state index in [1.807, 2.05) is 30.4 Å². The molecule has 5 heterocycles. The standard InChI is InChI=1S/C22H19N7O3S/c30-20-15(26-22(32)27-20)9-12-11-23-29-18(24-13-3-4-13)10-14(25-19(12)29)16-5-6-17(33-16)21(31)28-7-1-2-8-28/h1-2,5-6,9-11,13,24H,3-4,7-8H2,(H2,26,27,30,32)/b15-9-. The second-order valence-corrected chi connectivity index (χ2v) is 9.18. The molecule has 1 aliphatic carbocycles. The number of carbonyl (C=O) groups excluding carboxylic acids is 3. The number of rotatable bonds is 5. The van der Waals surface area contributed by atoms with Gasteiger partial charge in [0.15, 0.2) is 5.65 Å². The van der Waals surface area contributed by atoms with Crippen LogP contribution in [0.25, 0.3) is 22.3 Å². The molecule has 0 atom stereocenters. The average molecular weight is 462 g/mol. The maximum absolute atomic E-state index is 12.8. The molecule has 3 aliphatic rings. The van der Waals surface area contributed by atoms with Crippen LogP contribution in [0.5, 0.6) is 0 Å². The van der Waals surface area contributed by atoms with Crippen molar-refractivity contribution < 1.29 is 14.4 Å². The molecule has 0 spiro atoms. The number of hydrogen-bond acceptors (Lipinski definition) is 7. The fourth-order valence-corrected chi connectivity index (χ4v) is 4.71. The van der Waals surface area contributed by atoms with Crippen molar-refractivity contribution in [3.05, 3.63) is 52.7 Å². The van der Waals surface area contributed by atoms with E-state index in [-0.39, 0.29) is 11.6 Å². The third kappa shape index (κ3) is 3.65. The van der Waals surface area contributed by atoms with Crippen molar-refractivity contribution in [2.24, 2.45) is 0 Å². The number of carbonyl (C=O) groups is 3. The molecule has 166 valence electrons. The highest BCUT2D eigenvalue weighted by molar-refractivity contribution is 7.17. The van der Waals surface area contributed by atoms with Gasteiger partial charge in [-0.2, -0.15) is 9.61 Å². The highest BCUT2D eigenvalue weighted by Crippen LogP contribution is 2.33. The van der Waals surface area contributed by atoms with Crippen LogP contribution in [0.4, 0.5) is 10.6 Å². The first kappa shape index (κ1) is 19.7. The second-order valence-electron chi connectivity index (χ2n) is 8.09. The number of nitrogens with one attached hydrogen (secondary N) is 3. The maximum Gasteiger partial charge on any atom is 0.326 e. The van der Waals surface area contributed by atoms with Crippen LogP contribution >= 0.6 is 11.3 Å². The average Bonchev–Trinajstić information content (AvgIpc) is 3.25. The van der Waals surface area contributed by atoms with Crippen LogP contribution in [-0.2, 0) is 4.79 Å². The zero-order valence-electron chi connectivity index (χ0n) is 17.4. The second kappa shape index (κ2) is 7.55. The topological polar surface area (TPSA) is 121 Å². The summed E-state index contributed by atoms with van der Waals surface area (Å²) in [4.78, 5) is 44.3. The lowest BCUT2D eigenvalue weighted by Crippen LogP contribution is -2.27. The van der Waals surface area contributed by atoms with Crippen LogP contribution in [0.1, 0.15) is 28.1 Å². The largest absolute Gasteiger partial charge is 0.367 e. The predicted molar refractivity (Wildman–Crippen MR) is 123 cm³/mol. The lowest BCUT2D eigenvalue weighted by atomic mass is 10.2. The van der Waals surface area contributed by atoms with Crippen LogP contribution in [-0.4, -0.2) is 56.5 Å². The lowest BCUT2D eigenvalue weighted by Gasteiger charge is -2.13. The van der Waals surface area contributed by atoms with Crippen molar-refractivity contribution in [2.75, 3.05) is 18.4 Å².